The monoisotopic (exact) mass is 327 g/mol. The average molecular weight is 327 g/mol. The highest BCUT2D eigenvalue weighted by atomic mass is 16.5. The molecule has 0 unspecified atom stereocenters. The second-order valence-corrected chi connectivity index (χ2v) is 6.55. The highest BCUT2D eigenvalue weighted by Crippen LogP contribution is 2.50. The van der Waals surface area contributed by atoms with Crippen LogP contribution >= 0.6 is 0 Å². The molecule has 1 fully saturated rings. The van der Waals surface area contributed by atoms with E-state index in [-0.39, 0.29) is 17.9 Å². The maximum absolute atomic E-state index is 13.1. The third kappa shape index (κ3) is 2.38. The number of hydrogen-bond donors (Lipinski definition) is 1. The number of fused-ring (bicyclic) bond motifs is 1. The number of aromatic nitrogens is 2. The molecule has 2 heterocycles. The first kappa shape index (κ1) is 15.2. The van der Waals surface area contributed by atoms with E-state index in [2.05, 4.69) is 5.10 Å². The summed E-state index contributed by atoms with van der Waals surface area (Å²) < 4.78 is 7.10. The minimum Gasteiger partial charge on any atom is -0.497 e. The van der Waals surface area contributed by atoms with Crippen molar-refractivity contribution in [3.8, 4) is 5.75 Å². The molecular formula is C18H21N3O3. The minimum atomic E-state index is -0.367. The number of nitrogens with zero attached hydrogens (tertiary/aromatic N) is 3. The highest BCUT2D eigenvalue weighted by Gasteiger charge is 2.53. The van der Waals surface area contributed by atoms with Gasteiger partial charge in [0.15, 0.2) is 0 Å². The molecule has 1 aliphatic carbocycles. The minimum absolute atomic E-state index is 0.0657. The van der Waals surface area contributed by atoms with Crippen molar-refractivity contribution in [3.63, 3.8) is 0 Å². The molecule has 6 heteroatoms. The molecular weight excluding hydrogens is 306 g/mol. The van der Waals surface area contributed by atoms with Crippen LogP contribution in [0.1, 0.15) is 29.8 Å². The molecule has 1 aromatic heterocycles. The molecule has 24 heavy (non-hydrogen) atoms. The SMILES string of the molecule is COc1ccc(C2(C(=O)N3CCn4nc(CO)cc4C3)CC2)cc1. The molecule has 0 radical (unpaired) electrons. The number of methoxy groups -OCH3 is 1. The summed E-state index contributed by atoms with van der Waals surface area (Å²) in [5, 5.41) is 13.6. The summed E-state index contributed by atoms with van der Waals surface area (Å²) in [5.74, 6) is 1.01. The Morgan fingerprint density at radius 3 is 2.67 bits per heavy atom. The number of aliphatic hydroxyl groups excluding tert-OH is 1. The van der Waals surface area contributed by atoms with E-state index in [1.807, 2.05) is 39.9 Å². The number of rotatable bonds is 4. The molecule has 2 aliphatic rings. The molecule has 0 atom stereocenters. The summed E-state index contributed by atoms with van der Waals surface area (Å²) >= 11 is 0. The van der Waals surface area contributed by atoms with Crippen molar-refractivity contribution >= 4 is 5.91 Å². The normalized spacial score (nSPS) is 18.2. The molecule has 2 aromatic rings. The largest absolute Gasteiger partial charge is 0.497 e. The third-order valence-corrected chi connectivity index (χ3v) is 5.10. The van der Waals surface area contributed by atoms with Gasteiger partial charge in [0.2, 0.25) is 5.91 Å². The second kappa shape index (κ2) is 5.63. The van der Waals surface area contributed by atoms with Gasteiger partial charge in [-0.1, -0.05) is 12.1 Å². The number of benzene rings is 1. The topological polar surface area (TPSA) is 67.6 Å². The predicted octanol–water partition coefficient (Wildman–Crippen LogP) is 1.46. The van der Waals surface area contributed by atoms with E-state index in [9.17, 15) is 9.90 Å². The molecule has 1 saturated carbocycles. The zero-order chi connectivity index (χ0) is 16.7. The van der Waals surface area contributed by atoms with Crippen LogP contribution in [0.15, 0.2) is 30.3 Å². The molecule has 1 amide bonds. The van der Waals surface area contributed by atoms with E-state index in [1.54, 1.807) is 7.11 Å². The van der Waals surface area contributed by atoms with Gasteiger partial charge >= 0.3 is 0 Å². The van der Waals surface area contributed by atoms with Gasteiger partial charge in [-0.3, -0.25) is 9.48 Å². The van der Waals surface area contributed by atoms with Gasteiger partial charge in [0.1, 0.15) is 5.75 Å². The lowest BCUT2D eigenvalue weighted by molar-refractivity contribution is -0.135. The fourth-order valence-electron chi connectivity index (χ4n) is 3.54. The van der Waals surface area contributed by atoms with Gasteiger partial charge < -0.3 is 14.7 Å². The lowest BCUT2D eigenvalue weighted by atomic mass is 9.94. The van der Waals surface area contributed by atoms with Gasteiger partial charge in [-0.15, -0.1) is 0 Å². The highest BCUT2D eigenvalue weighted by molar-refractivity contribution is 5.91. The first-order chi connectivity index (χ1) is 11.7. The summed E-state index contributed by atoms with van der Waals surface area (Å²) in [6.07, 6.45) is 1.80. The van der Waals surface area contributed by atoms with Crippen LogP contribution < -0.4 is 4.74 Å². The molecule has 0 saturated heterocycles. The number of hydrogen-bond acceptors (Lipinski definition) is 4. The molecule has 1 N–H and O–H groups in total. The van der Waals surface area contributed by atoms with E-state index in [0.29, 0.717) is 25.3 Å². The Labute approximate surface area is 140 Å². The van der Waals surface area contributed by atoms with Crippen LogP contribution in [0.3, 0.4) is 0 Å². The maximum atomic E-state index is 13.1. The molecule has 1 aromatic carbocycles. The van der Waals surface area contributed by atoms with Gasteiger partial charge in [0.05, 0.1) is 43.6 Å². The van der Waals surface area contributed by atoms with Crippen LogP contribution in [0.4, 0.5) is 0 Å². The van der Waals surface area contributed by atoms with E-state index in [4.69, 9.17) is 4.74 Å². The van der Waals surface area contributed by atoms with Gasteiger partial charge in [-0.25, -0.2) is 0 Å². The first-order valence-electron chi connectivity index (χ1n) is 8.27. The summed E-state index contributed by atoms with van der Waals surface area (Å²) in [7, 11) is 1.64. The predicted molar refractivity (Wildman–Crippen MR) is 87.5 cm³/mol. The summed E-state index contributed by atoms with van der Waals surface area (Å²) in [5.41, 5.74) is 2.36. The van der Waals surface area contributed by atoms with E-state index in [1.165, 1.54) is 0 Å². The zero-order valence-electron chi connectivity index (χ0n) is 13.7. The molecule has 0 bridgehead atoms. The van der Waals surface area contributed by atoms with Crippen molar-refractivity contribution in [1.29, 1.82) is 0 Å². The Hall–Kier alpha value is -2.34. The van der Waals surface area contributed by atoms with Gasteiger partial charge in [-0.2, -0.15) is 5.10 Å². The number of ether oxygens (including phenoxy) is 1. The lowest BCUT2D eigenvalue weighted by Crippen LogP contribution is -2.43. The smallest absolute Gasteiger partial charge is 0.233 e. The fraction of sp³-hybridized carbons (Fsp3) is 0.444. The van der Waals surface area contributed by atoms with Crippen LogP contribution in [0.2, 0.25) is 0 Å². The van der Waals surface area contributed by atoms with E-state index in [0.717, 1.165) is 29.8 Å². The van der Waals surface area contributed by atoms with Crippen LogP contribution in [-0.2, 0) is 29.9 Å². The Morgan fingerprint density at radius 1 is 1.29 bits per heavy atom. The lowest BCUT2D eigenvalue weighted by Gasteiger charge is -2.31. The van der Waals surface area contributed by atoms with Crippen molar-refractivity contribution in [1.82, 2.24) is 14.7 Å². The average Bonchev–Trinajstić information content (AvgIpc) is 3.33. The van der Waals surface area contributed by atoms with Crippen LogP contribution in [0.25, 0.3) is 0 Å². The Balaban J connectivity index is 1.55. The summed E-state index contributed by atoms with van der Waals surface area (Å²) in [6, 6.07) is 9.72. The Kier molecular flexibility index (Phi) is 3.57. The quantitative estimate of drug-likeness (QED) is 0.923. The standard InChI is InChI=1S/C18H21N3O3/c1-24-16-4-2-13(3-5-16)18(6-7-18)17(23)20-8-9-21-15(11-20)10-14(12-22)19-21/h2-5,10,22H,6-9,11-12H2,1H3. The molecule has 4 rings (SSSR count). The van der Waals surface area contributed by atoms with Crippen molar-refractivity contribution in [2.45, 2.75) is 38.0 Å². The Bertz CT molecular complexity index is 762. The van der Waals surface area contributed by atoms with Crippen molar-refractivity contribution < 1.29 is 14.6 Å². The van der Waals surface area contributed by atoms with Gasteiger partial charge in [0.25, 0.3) is 0 Å². The van der Waals surface area contributed by atoms with Crippen LogP contribution in [-0.4, -0.2) is 39.3 Å². The third-order valence-electron chi connectivity index (χ3n) is 5.10. The van der Waals surface area contributed by atoms with Crippen molar-refractivity contribution in [3.05, 3.63) is 47.3 Å². The van der Waals surface area contributed by atoms with Crippen LogP contribution in [0.5, 0.6) is 5.75 Å². The van der Waals surface area contributed by atoms with Crippen LogP contribution in [0, 0.1) is 0 Å². The molecule has 126 valence electrons. The number of amides is 1. The van der Waals surface area contributed by atoms with Crippen molar-refractivity contribution in [2.75, 3.05) is 13.7 Å². The number of aliphatic hydroxyl groups is 1. The first-order valence-corrected chi connectivity index (χ1v) is 8.27. The van der Waals surface area contributed by atoms with Gasteiger partial charge in [0, 0.05) is 6.54 Å². The molecule has 0 spiro atoms. The van der Waals surface area contributed by atoms with E-state index >= 15 is 0 Å². The fourth-order valence-corrected chi connectivity index (χ4v) is 3.54. The second-order valence-electron chi connectivity index (χ2n) is 6.55. The number of carbonyl (C=O) groups is 1. The zero-order valence-corrected chi connectivity index (χ0v) is 13.7. The van der Waals surface area contributed by atoms with Gasteiger partial charge in [-0.05, 0) is 36.6 Å². The molecule has 1 aliphatic heterocycles. The van der Waals surface area contributed by atoms with E-state index < -0.39 is 0 Å². The Morgan fingerprint density at radius 2 is 2.04 bits per heavy atom. The van der Waals surface area contributed by atoms with Crippen molar-refractivity contribution in [2.24, 2.45) is 0 Å². The molecule has 6 nitrogen and oxygen atoms in total. The summed E-state index contributed by atoms with van der Waals surface area (Å²) in [4.78, 5) is 15.1. The summed E-state index contributed by atoms with van der Waals surface area (Å²) in [6.45, 7) is 1.84. The number of carbonyl (C=O) groups excluding carboxylic acids is 1. The maximum Gasteiger partial charge on any atom is 0.233 e.